The summed E-state index contributed by atoms with van der Waals surface area (Å²) in [5.41, 5.74) is 10.1. The van der Waals surface area contributed by atoms with Gasteiger partial charge in [0.25, 0.3) is 0 Å². The fraction of sp³-hybridized carbons (Fsp3) is 0.464. The molecule has 2 aromatic heterocycles. The molecule has 2 N–H and O–H groups in total. The van der Waals surface area contributed by atoms with Crippen molar-refractivity contribution in [3.63, 3.8) is 0 Å². The third kappa shape index (κ3) is 5.07. The van der Waals surface area contributed by atoms with Crippen molar-refractivity contribution in [3.8, 4) is 0 Å². The van der Waals surface area contributed by atoms with Crippen LogP contribution in [0.2, 0.25) is 0 Å². The minimum absolute atomic E-state index is 0.0855. The number of carbonyl (C=O) groups is 1. The summed E-state index contributed by atoms with van der Waals surface area (Å²) in [6.45, 7) is 6.33. The average molecular weight is 477 g/mol. The minimum atomic E-state index is -0.376. The van der Waals surface area contributed by atoms with E-state index in [2.05, 4.69) is 21.8 Å². The number of nitrogens with zero attached hydrogens (tertiary/aromatic N) is 3. The quantitative estimate of drug-likeness (QED) is 0.540. The Morgan fingerprint density at radius 1 is 1.20 bits per heavy atom. The number of aromatic nitrogens is 2. The van der Waals surface area contributed by atoms with Crippen LogP contribution in [0.25, 0.3) is 10.9 Å². The Labute approximate surface area is 205 Å². The lowest BCUT2D eigenvalue weighted by molar-refractivity contribution is 0.0532. The van der Waals surface area contributed by atoms with E-state index in [9.17, 15) is 9.18 Å². The third-order valence-electron chi connectivity index (χ3n) is 7.40. The SMILES string of the molecule is C[C@@H]1C[C@H](N)C[C@H](c2ccncc2CC(=O)c2ccc(F)c3cc(N4CCO[C@@H](C)C4)cnc23)C1. The van der Waals surface area contributed by atoms with Crippen LogP contribution in [0.3, 0.4) is 0 Å². The molecule has 0 bridgehead atoms. The van der Waals surface area contributed by atoms with Gasteiger partial charge in [-0.25, -0.2) is 4.39 Å². The van der Waals surface area contributed by atoms with Gasteiger partial charge in [-0.05, 0) is 73.4 Å². The fourth-order valence-corrected chi connectivity index (χ4v) is 5.79. The zero-order chi connectivity index (χ0) is 24.5. The van der Waals surface area contributed by atoms with E-state index in [1.165, 1.54) is 6.07 Å². The lowest BCUT2D eigenvalue weighted by Gasteiger charge is -2.32. The maximum absolute atomic E-state index is 14.8. The van der Waals surface area contributed by atoms with Gasteiger partial charge in [0.15, 0.2) is 5.78 Å². The molecule has 0 radical (unpaired) electrons. The lowest BCUT2D eigenvalue weighted by Crippen LogP contribution is -2.41. The van der Waals surface area contributed by atoms with E-state index < -0.39 is 0 Å². The number of benzene rings is 1. The van der Waals surface area contributed by atoms with Crippen LogP contribution in [0.5, 0.6) is 0 Å². The molecule has 2 fully saturated rings. The van der Waals surface area contributed by atoms with Crippen molar-refractivity contribution < 1.29 is 13.9 Å². The van der Waals surface area contributed by atoms with Gasteiger partial charge in [0.1, 0.15) is 5.82 Å². The molecule has 7 heteroatoms. The van der Waals surface area contributed by atoms with Crippen molar-refractivity contribution in [2.45, 2.75) is 57.6 Å². The Kier molecular flexibility index (Phi) is 6.80. The van der Waals surface area contributed by atoms with Gasteiger partial charge in [0.05, 0.1) is 30.1 Å². The van der Waals surface area contributed by atoms with Crippen LogP contribution >= 0.6 is 0 Å². The van der Waals surface area contributed by atoms with E-state index in [-0.39, 0.29) is 30.2 Å². The van der Waals surface area contributed by atoms with Crippen molar-refractivity contribution >= 4 is 22.4 Å². The van der Waals surface area contributed by atoms with Crippen LogP contribution in [0.4, 0.5) is 10.1 Å². The molecule has 4 atom stereocenters. The second-order valence-corrected chi connectivity index (χ2v) is 10.3. The highest BCUT2D eigenvalue weighted by Gasteiger charge is 2.28. The molecule has 0 spiro atoms. The molecule has 3 heterocycles. The first-order chi connectivity index (χ1) is 16.9. The predicted molar refractivity (Wildman–Crippen MR) is 135 cm³/mol. The molecule has 3 aromatic rings. The van der Waals surface area contributed by atoms with E-state index in [4.69, 9.17) is 10.5 Å². The maximum Gasteiger partial charge on any atom is 0.169 e. The molecule has 0 amide bonds. The summed E-state index contributed by atoms with van der Waals surface area (Å²) in [4.78, 5) is 24.5. The van der Waals surface area contributed by atoms with Gasteiger partial charge in [0, 0.05) is 48.9 Å². The number of hydrogen-bond acceptors (Lipinski definition) is 6. The minimum Gasteiger partial charge on any atom is -0.375 e. The number of fused-ring (bicyclic) bond motifs is 1. The summed E-state index contributed by atoms with van der Waals surface area (Å²) in [5.74, 6) is 0.410. The van der Waals surface area contributed by atoms with Gasteiger partial charge in [-0.3, -0.25) is 14.8 Å². The Hall–Kier alpha value is -2.90. The van der Waals surface area contributed by atoms with Crippen molar-refractivity contribution in [3.05, 3.63) is 65.4 Å². The molecular weight excluding hydrogens is 443 g/mol. The smallest absolute Gasteiger partial charge is 0.169 e. The monoisotopic (exact) mass is 476 g/mol. The summed E-state index contributed by atoms with van der Waals surface area (Å²) >= 11 is 0. The van der Waals surface area contributed by atoms with Gasteiger partial charge in [0.2, 0.25) is 0 Å². The van der Waals surface area contributed by atoms with Gasteiger partial charge < -0.3 is 15.4 Å². The average Bonchev–Trinajstić information content (AvgIpc) is 2.84. The molecule has 6 nitrogen and oxygen atoms in total. The second kappa shape index (κ2) is 9.99. The summed E-state index contributed by atoms with van der Waals surface area (Å²) < 4.78 is 20.5. The van der Waals surface area contributed by atoms with Crippen molar-refractivity contribution in [2.75, 3.05) is 24.6 Å². The normalized spacial score (nSPS) is 25.1. The van der Waals surface area contributed by atoms with Crippen molar-refractivity contribution in [1.29, 1.82) is 0 Å². The Morgan fingerprint density at radius 3 is 2.86 bits per heavy atom. The third-order valence-corrected chi connectivity index (χ3v) is 7.40. The van der Waals surface area contributed by atoms with Gasteiger partial charge in [-0.2, -0.15) is 0 Å². The number of anilines is 1. The molecular formula is C28H33FN4O2. The number of halogens is 1. The molecule has 1 saturated heterocycles. The number of rotatable bonds is 5. The van der Waals surface area contributed by atoms with Gasteiger partial charge in [-0.15, -0.1) is 0 Å². The molecule has 1 aliphatic carbocycles. The molecule has 1 aliphatic heterocycles. The molecule has 184 valence electrons. The highest BCUT2D eigenvalue weighted by Crippen LogP contribution is 2.37. The van der Waals surface area contributed by atoms with Crippen LogP contribution in [0.15, 0.2) is 42.9 Å². The van der Waals surface area contributed by atoms with Crippen molar-refractivity contribution in [1.82, 2.24) is 9.97 Å². The highest BCUT2D eigenvalue weighted by atomic mass is 19.1. The summed E-state index contributed by atoms with van der Waals surface area (Å²) in [6.07, 6.45) is 8.63. The van der Waals surface area contributed by atoms with E-state index in [0.717, 1.165) is 49.2 Å². The molecule has 0 unspecified atom stereocenters. The number of hydrogen-bond donors (Lipinski definition) is 1. The van der Waals surface area contributed by atoms with Crippen LogP contribution in [-0.2, 0) is 11.2 Å². The Morgan fingerprint density at radius 2 is 2.06 bits per heavy atom. The van der Waals surface area contributed by atoms with E-state index >= 15 is 0 Å². The van der Waals surface area contributed by atoms with Crippen LogP contribution in [0, 0.1) is 11.7 Å². The first-order valence-corrected chi connectivity index (χ1v) is 12.6. The van der Waals surface area contributed by atoms with Crippen LogP contribution in [0.1, 0.15) is 60.5 Å². The number of pyridine rings is 2. The fourth-order valence-electron chi connectivity index (χ4n) is 5.79. The number of morpholine rings is 1. The molecule has 5 rings (SSSR count). The van der Waals surface area contributed by atoms with Crippen LogP contribution < -0.4 is 10.6 Å². The molecule has 1 saturated carbocycles. The van der Waals surface area contributed by atoms with Gasteiger partial charge >= 0.3 is 0 Å². The molecule has 2 aliphatic rings. The molecule has 1 aromatic carbocycles. The summed E-state index contributed by atoms with van der Waals surface area (Å²) in [7, 11) is 0. The largest absolute Gasteiger partial charge is 0.375 e. The zero-order valence-electron chi connectivity index (χ0n) is 20.4. The van der Waals surface area contributed by atoms with Crippen molar-refractivity contribution in [2.24, 2.45) is 11.7 Å². The first-order valence-electron chi connectivity index (χ1n) is 12.6. The lowest BCUT2D eigenvalue weighted by atomic mass is 9.75. The van der Waals surface area contributed by atoms with E-state index in [0.29, 0.717) is 34.9 Å². The van der Waals surface area contributed by atoms with Gasteiger partial charge in [-0.1, -0.05) is 6.92 Å². The number of Topliss-reactive ketones (excluding diaryl/α,β-unsaturated/α-hetero) is 1. The zero-order valence-corrected chi connectivity index (χ0v) is 20.4. The predicted octanol–water partition coefficient (Wildman–Crippen LogP) is 4.65. The van der Waals surface area contributed by atoms with Crippen LogP contribution in [-0.4, -0.2) is 47.6 Å². The number of carbonyl (C=O) groups excluding carboxylic acids is 1. The maximum atomic E-state index is 14.8. The number of ether oxygens (including phenoxy) is 1. The highest BCUT2D eigenvalue weighted by molar-refractivity contribution is 6.08. The second-order valence-electron chi connectivity index (χ2n) is 10.3. The standard InChI is InChI=1S/C28H33FN4O2/c1-17-9-19(11-21(30)10-17)23-5-6-31-14-20(23)12-27(34)24-3-4-26(29)25-13-22(15-32-28(24)25)33-7-8-35-18(2)16-33/h3-6,13-15,17-19,21H,7-12,16,30H2,1-2H3/t17-,18-,19+,21-/m0/s1. The topological polar surface area (TPSA) is 81.3 Å². The molecule has 35 heavy (non-hydrogen) atoms. The first kappa shape index (κ1) is 23.8. The number of nitrogens with two attached hydrogens (primary N) is 1. The van der Waals surface area contributed by atoms with E-state index in [1.807, 2.05) is 13.0 Å². The Bertz CT molecular complexity index is 1220. The Balaban J connectivity index is 1.43. The van der Waals surface area contributed by atoms with E-state index in [1.54, 1.807) is 30.7 Å². The summed E-state index contributed by atoms with van der Waals surface area (Å²) in [6, 6.07) is 6.92. The summed E-state index contributed by atoms with van der Waals surface area (Å²) in [5, 5.41) is 0.367. The number of ketones is 1.